The lowest BCUT2D eigenvalue weighted by atomic mass is 10.1. The third-order valence-corrected chi connectivity index (χ3v) is 3.79. The van der Waals surface area contributed by atoms with Gasteiger partial charge in [-0.3, -0.25) is 10.2 Å². The second-order valence-corrected chi connectivity index (χ2v) is 6.32. The van der Waals surface area contributed by atoms with E-state index < -0.39 is 34.1 Å². The van der Waals surface area contributed by atoms with E-state index >= 15 is 0 Å². The van der Waals surface area contributed by atoms with E-state index in [-0.39, 0.29) is 12.4 Å². The van der Waals surface area contributed by atoms with Gasteiger partial charge in [-0.2, -0.15) is 0 Å². The number of nitrogens with two attached hydrogens (primary N) is 1. The normalized spacial score (nSPS) is 12.0. The minimum Gasteiger partial charge on any atom is -0.465 e. The number of amidine groups is 1. The molecule has 9 heteroatoms. The van der Waals surface area contributed by atoms with Crippen molar-refractivity contribution in [3.63, 3.8) is 0 Å². The second-order valence-electron chi connectivity index (χ2n) is 4.52. The summed E-state index contributed by atoms with van der Waals surface area (Å²) in [5, 5.41) is 7.30. The number of hydrogen-bond donors (Lipinski definition) is 3. The maximum absolute atomic E-state index is 13.8. The molecule has 0 bridgehead atoms. The standard InChI is InChI=1S/C14H18FN3O4S/c1-2-22-13(19)9-23(20,21)18-8-12(15)7-10-4-3-5-11(6-10)14(16)17/h3-7,18H,2,8-9H2,1H3,(H3,16,17)/b12-7-. The Hall–Kier alpha value is -2.26. The largest absolute Gasteiger partial charge is 0.465 e. The van der Waals surface area contributed by atoms with Gasteiger partial charge in [0.1, 0.15) is 11.7 Å². The number of benzene rings is 1. The summed E-state index contributed by atoms with van der Waals surface area (Å²) < 4.78 is 43.4. The van der Waals surface area contributed by atoms with Crippen LogP contribution in [0, 0.1) is 5.41 Å². The first-order chi connectivity index (χ1) is 10.7. The van der Waals surface area contributed by atoms with Crippen molar-refractivity contribution in [3.8, 4) is 0 Å². The summed E-state index contributed by atoms with van der Waals surface area (Å²) in [7, 11) is -3.97. The SMILES string of the molecule is CCOC(=O)CS(=O)(=O)NC/C(F)=C/c1cccc(C(=N)N)c1. The molecule has 0 saturated carbocycles. The first-order valence-electron chi connectivity index (χ1n) is 6.67. The minimum absolute atomic E-state index is 0.0646. The highest BCUT2D eigenvalue weighted by Gasteiger charge is 2.17. The highest BCUT2D eigenvalue weighted by molar-refractivity contribution is 7.90. The molecule has 0 fully saturated rings. The summed E-state index contributed by atoms with van der Waals surface area (Å²) in [6.45, 7) is 1.02. The van der Waals surface area contributed by atoms with Gasteiger partial charge in [-0.1, -0.05) is 18.2 Å². The van der Waals surface area contributed by atoms with Crippen LogP contribution in [0.5, 0.6) is 0 Å². The molecule has 1 aromatic rings. The average molecular weight is 343 g/mol. The number of esters is 1. The van der Waals surface area contributed by atoms with Crippen molar-refractivity contribution in [2.75, 3.05) is 18.9 Å². The van der Waals surface area contributed by atoms with E-state index in [0.29, 0.717) is 11.1 Å². The zero-order valence-electron chi connectivity index (χ0n) is 12.5. The van der Waals surface area contributed by atoms with Gasteiger partial charge in [-0.05, 0) is 24.6 Å². The van der Waals surface area contributed by atoms with Crippen molar-refractivity contribution in [1.29, 1.82) is 5.41 Å². The van der Waals surface area contributed by atoms with Crippen LogP contribution in [0.2, 0.25) is 0 Å². The Labute approximate surface area is 133 Å². The molecular weight excluding hydrogens is 325 g/mol. The highest BCUT2D eigenvalue weighted by atomic mass is 32.2. The number of nitrogen functional groups attached to an aromatic ring is 1. The van der Waals surface area contributed by atoms with E-state index in [2.05, 4.69) is 4.74 Å². The van der Waals surface area contributed by atoms with Gasteiger partial charge in [-0.25, -0.2) is 17.5 Å². The number of ether oxygens (including phenoxy) is 1. The predicted octanol–water partition coefficient (Wildman–Crippen LogP) is 0.764. The van der Waals surface area contributed by atoms with Crippen LogP contribution >= 0.6 is 0 Å². The van der Waals surface area contributed by atoms with Gasteiger partial charge in [0.05, 0.1) is 13.2 Å². The number of sulfonamides is 1. The molecule has 0 saturated heterocycles. The number of carbonyl (C=O) groups is 1. The quantitative estimate of drug-likeness (QED) is 0.365. The molecule has 0 spiro atoms. The fourth-order valence-electron chi connectivity index (χ4n) is 1.62. The number of nitrogens with one attached hydrogen (secondary N) is 2. The van der Waals surface area contributed by atoms with Crippen molar-refractivity contribution in [3.05, 3.63) is 41.2 Å². The van der Waals surface area contributed by atoms with Crippen molar-refractivity contribution in [1.82, 2.24) is 4.72 Å². The van der Waals surface area contributed by atoms with Gasteiger partial charge in [0.2, 0.25) is 10.0 Å². The average Bonchev–Trinajstić information content (AvgIpc) is 2.45. The van der Waals surface area contributed by atoms with Gasteiger partial charge in [-0.15, -0.1) is 0 Å². The third kappa shape index (κ3) is 7.02. The lowest BCUT2D eigenvalue weighted by molar-refractivity contribution is -0.139. The van der Waals surface area contributed by atoms with Crippen LogP contribution in [0.4, 0.5) is 4.39 Å². The first kappa shape index (κ1) is 18.8. The van der Waals surface area contributed by atoms with Crippen LogP contribution in [0.1, 0.15) is 18.1 Å². The Morgan fingerprint density at radius 1 is 1.48 bits per heavy atom. The van der Waals surface area contributed by atoms with Gasteiger partial charge in [0.25, 0.3) is 0 Å². The van der Waals surface area contributed by atoms with Crippen molar-refractivity contribution in [2.45, 2.75) is 6.92 Å². The Morgan fingerprint density at radius 3 is 2.78 bits per heavy atom. The molecule has 0 aliphatic carbocycles. The summed E-state index contributed by atoms with van der Waals surface area (Å²) in [6, 6.07) is 6.27. The zero-order chi connectivity index (χ0) is 17.5. The molecule has 1 aromatic carbocycles. The van der Waals surface area contributed by atoms with Crippen molar-refractivity contribution >= 4 is 27.9 Å². The molecule has 4 N–H and O–H groups in total. The molecule has 0 aliphatic heterocycles. The van der Waals surface area contributed by atoms with Crippen molar-refractivity contribution < 1.29 is 22.3 Å². The van der Waals surface area contributed by atoms with E-state index in [1.54, 1.807) is 25.1 Å². The Bertz CT molecular complexity index is 716. The van der Waals surface area contributed by atoms with Crippen molar-refractivity contribution in [2.24, 2.45) is 5.73 Å². The van der Waals surface area contributed by atoms with E-state index in [1.807, 2.05) is 4.72 Å². The van der Waals surface area contributed by atoms with E-state index in [1.165, 1.54) is 6.07 Å². The molecule has 0 radical (unpaired) electrons. The van der Waals surface area contributed by atoms with Crippen LogP contribution in [0.15, 0.2) is 30.1 Å². The molecule has 1 rings (SSSR count). The molecule has 0 aromatic heterocycles. The van der Waals surface area contributed by atoms with Crippen LogP contribution < -0.4 is 10.5 Å². The maximum Gasteiger partial charge on any atom is 0.322 e. The zero-order valence-corrected chi connectivity index (χ0v) is 13.3. The molecule has 0 heterocycles. The molecular formula is C14H18FN3O4S. The van der Waals surface area contributed by atoms with E-state index in [0.717, 1.165) is 6.08 Å². The molecule has 0 amide bonds. The molecule has 0 atom stereocenters. The Kier molecular flexibility index (Phi) is 6.86. The second kappa shape index (κ2) is 8.39. The topological polar surface area (TPSA) is 122 Å². The summed E-state index contributed by atoms with van der Waals surface area (Å²) in [5.74, 6) is -2.68. The monoisotopic (exact) mass is 343 g/mol. The number of hydrogen-bond acceptors (Lipinski definition) is 5. The van der Waals surface area contributed by atoms with Gasteiger partial charge >= 0.3 is 5.97 Å². The fourth-order valence-corrected chi connectivity index (χ4v) is 2.47. The molecule has 7 nitrogen and oxygen atoms in total. The predicted molar refractivity (Wildman–Crippen MR) is 85.0 cm³/mol. The summed E-state index contributed by atoms with van der Waals surface area (Å²) in [5.41, 5.74) is 6.19. The number of halogens is 1. The van der Waals surface area contributed by atoms with Gasteiger partial charge in [0.15, 0.2) is 5.75 Å². The van der Waals surface area contributed by atoms with Crippen LogP contribution in [-0.4, -0.2) is 39.1 Å². The number of rotatable bonds is 8. The molecule has 0 aliphatic rings. The third-order valence-electron chi connectivity index (χ3n) is 2.60. The van der Waals surface area contributed by atoms with Crippen LogP contribution in [0.3, 0.4) is 0 Å². The maximum atomic E-state index is 13.8. The smallest absolute Gasteiger partial charge is 0.322 e. The molecule has 23 heavy (non-hydrogen) atoms. The van der Waals surface area contributed by atoms with Gasteiger partial charge < -0.3 is 10.5 Å². The Morgan fingerprint density at radius 2 is 2.17 bits per heavy atom. The molecule has 0 unspecified atom stereocenters. The van der Waals surface area contributed by atoms with Gasteiger partial charge in [0, 0.05) is 5.56 Å². The lowest BCUT2D eigenvalue weighted by Gasteiger charge is -2.05. The summed E-state index contributed by atoms with van der Waals surface area (Å²) in [4.78, 5) is 11.1. The van der Waals surface area contributed by atoms with E-state index in [9.17, 15) is 17.6 Å². The van der Waals surface area contributed by atoms with Crippen LogP contribution in [-0.2, 0) is 19.6 Å². The summed E-state index contributed by atoms with van der Waals surface area (Å²) in [6.07, 6.45) is 1.11. The fraction of sp³-hybridized carbons (Fsp3) is 0.286. The Balaban J connectivity index is 2.68. The number of carbonyl (C=O) groups excluding carboxylic acids is 1. The minimum atomic E-state index is -3.97. The molecule has 126 valence electrons. The first-order valence-corrected chi connectivity index (χ1v) is 8.32. The lowest BCUT2D eigenvalue weighted by Crippen LogP contribution is -2.31. The highest BCUT2D eigenvalue weighted by Crippen LogP contribution is 2.10. The summed E-state index contributed by atoms with van der Waals surface area (Å²) >= 11 is 0. The van der Waals surface area contributed by atoms with Crippen LogP contribution in [0.25, 0.3) is 6.08 Å². The van der Waals surface area contributed by atoms with E-state index in [4.69, 9.17) is 11.1 Å².